The summed E-state index contributed by atoms with van der Waals surface area (Å²) in [5.41, 5.74) is 1.12. The largest absolute Gasteiger partial charge is 0.379 e. The number of ether oxygens (including phenoxy) is 1. The lowest BCUT2D eigenvalue weighted by molar-refractivity contribution is -0.118. The molecule has 2 fully saturated rings. The van der Waals surface area contributed by atoms with Crippen molar-refractivity contribution in [2.45, 2.75) is 71.1 Å². The Bertz CT molecular complexity index is 378. The van der Waals surface area contributed by atoms with Gasteiger partial charge in [-0.2, -0.15) is 0 Å². The molecular weight excluding hydrogens is 322 g/mol. The Hall–Kier alpha value is -0.380. The lowest BCUT2D eigenvalue weighted by atomic mass is 10.0. The maximum Gasteiger partial charge on any atom is 0.162 e. The van der Waals surface area contributed by atoms with Crippen LogP contribution in [0.15, 0.2) is 11.6 Å². The SMILES string of the molecule is CCCCCCCCC/C=C1\CCC(CN2CCOCC2)C1=O.Cl. The van der Waals surface area contributed by atoms with Crippen molar-refractivity contribution in [3.05, 3.63) is 11.6 Å². The molecule has 3 nitrogen and oxygen atoms in total. The van der Waals surface area contributed by atoms with Crippen molar-refractivity contribution in [1.82, 2.24) is 4.90 Å². The van der Waals surface area contributed by atoms with Crippen molar-refractivity contribution in [2.24, 2.45) is 5.92 Å². The van der Waals surface area contributed by atoms with Gasteiger partial charge in [0.2, 0.25) is 0 Å². The smallest absolute Gasteiger partial charge is 0.162 e. The van der Waals surface area contributed by atoms with Gasteiger partial charge in [0, 0.05) is 25.6 Å². The number of carbonyl (C=O) groups is 1. The van der Waals surface area contributed by atoms with Crippen LogP contribution in [0.25, 0.3) is 0 Å². The molecule has 0 bridgehead atoms. The van der Waals surface area contributed by atoms with E-state index in [2.05, 4.69) is 17.9 Å². The Morgan fingerprint density at radius 3 is 2.46 bits per heavy atom. The van der Waals surface area contributed by atoms with Gasteiger partial charge in [0.25, 0.3) is 0 Å². The first-order chi connectivity index (χ1) is 11.3. The number of allylic oxidation sites excluding steroid dienone is 2. The molecule has 4 heteroatoms. The van der Waals surface area contributed by atoms with Crippen molar-refractivity contribution in [3.63, 3.8) is 0 Å². The van der Waals surface area contributed by atoms with Crippen LogP contribution in [0.5, 0.6) is 0 Å². The Balaban J connectivity index is 0.00000288. The van der Waals surface area contributed by atoms with Crippen LogP contribution in [0.2, 0.25) is 0 Å². The van der Waals surface area contributed by atoms with Crippen LogP contribution in [0, 0.1) is 5.92 Å². The van der Waals surface area contributed by atoms with Gasteiger partial charge in [-0.25, -0.2) is 0 Å². The summed E-state index contributed by atoms with van der Waals surface area (Å²) < 4.78 is 5.38. The Kier molecular flexibility index (Phi) is 11.7. The van der Waals surface area contributed by atoms with E-state index in [0.717, 1.165) is 57.7 Å². The third-order valence-corrected chi connectivity index (χ3v) is 5.23. The first kappa shape index (κ1) is 21.7. The quantitative estimate of drug-likeness (QED) is 0.416. The second-order valence-electron chi connectivity index (χ2n) is 7.15. The third-order valence-electron chi connectivity index (χ3n) is 5.23. The third kappa shape index (κ3) is 7.67. The topological polar surface area (TPSA) is 29.5 Å². The highest BCUT2D eigenvalue weighted by molar-refractivity contribution is 5.99. The lowest BCUT2D eigenvalue weighted by Gasteiger charge is -2.28. The van der Waals surface area contributed by atoms with Gasteiger partial charge in [0.15, 0.2) is 5.78 Å². The van der Waals surface area contributed by atoms with E-state index in [4.69, 9.17) is 4.74 Å². The molecule has 2 aliphatic rings. The second-order valence-corrected chi connectivity index (χ2v) is 7.15. The number of Topliss-reactive ketones (excluding diaryl/α,β-unsaturated/α-hetero) is 1. The van der Waals surface area contributed by atoms with Gasteiger partial charge in [0.1, 0.15) is 0 Å². The molecule has 0 aromatic carbocycles. The number of carbonyl (C=O) groups excluding carboxylic acids is 1. The molecular formula is C20H36ClNO2. The molecule has 1 aliphatic carbocycles. The average molecular weight is 358 g/mol. The fourth-order valence-electron chi connectivity index (χ4n) is 3.70. The predicted octanol–water partition coefficient (Wildman–Crippen LogP) is 4.79. The number of nitrogens with zero attached hydrogens (tertiary/aromatic N) is 1. The monoisotopic (exact) mass is 357 g/mol. The van der Waals surface area contributed by atoms with Crippen molar-refractivity contribution in [2.75, 3.05) is 32.8 Å². The molecule has 0 aromatic heterocycles. The molecule has 0 spiro atoms. The van der Waals surface area contributed by atoms with Crippen molar-refractivity contribution in [3.8, 4) is 0 Å². The van der Waals surface area contributed by atoms with E-state index in [1.54, 1.807) is 0 Å². The predicted molar refractivity (Wildman–Crippen MR) is 103 cm³/mol. The number of hydrogen-bond acceptors (Lipinski definition) is 3. The van der Waals surface area contributed by atoms with Crippen LogP contribution >= 0.6 is 12.4 Å². The van der Waals surface area contributed by atoms with Crippen LogP contribution in [-0.2, 0) is 9.53 Å². The van der Waals surface area contributed by atoms with Crippen molar-refractivity contribution >= 4 is 18.2 Å². The van der Waals surface area contributed by atoms with Gasteiger partial charge in [-0.3, -0.25) is 9.69 Å². The molecule has 140 valence electrons. The van der Waals surface area contributed by atoms with Crippen LogP contribution < -0.4 is 0 Å². The highest BCUT2D eigenvalue weighted by Gasteiger charge is 2.30. The summed E-state index contributed by atoms with van der Waals surface area (Å²) >= 11 is 0. The van der Waals surface area contributed by atoms with Crippen molar-refractivity contribution in [1.29, 1.82) is 0 Å². The molecule has 0 N–H and O–H groups in total. The minimum Gasteiger partial charge on any atom is -0.379 e. The summed E-state index contributed by atoms with van der Waals surface area (Å²) in [6.45, 7) is 6.82. The molecule has 2 rings (SSSR count). The maximum atomic E-state index is 12.5. The van der Waals surface area contributed by atoms with Crippen LogP contribution in [0.1, 0.15) is 71.1 Å². The Morgan fingerprint density at radius 1 is 1.08 bits per heavy atom. The highest BCUT2D eigenvalue weighted by atomic mass is 35.5. The fourth-order valence-corrected chi connectivity index (χ4v) is 3.70. The van der Waals surface area contributed by atoms with Gasteiger partial charge < -0.3 is 4.74 Å². The van der Waals surface area contributed by atoms with Gasteiger partial charge >= 0.3 is 0 Å². The lowest BCUT2D eigenvalue weighted by Crippen LogP contribution is -2.40. The second kappa shape index (κ2) is 12.9. The Labute approximate surface area is 154 Å². The molecule has 0 radical (unpaired) electrons. The summed E-state index contributed by atoms with van der Waals surface area (Å²) in [5.74, 6) is 0.674. The number of halogens is 1. The molecule has 0 amide bonds. The molecule has 1 heterocycles. The van der Waals surface area contributed by atoms with Crippen molar-refractivity contribution < 1.29 is 9.53 Å². The van der Waals surface area contributed by atoms with Gasteiger partial charge in [-0.05, 0) is 31.3 Å². The summed E-state index contributed by atoms with van der Waals surface area (Å²) in [7, 11) is 0. The molecule has 1 atom stereocenters. The van der Waals surface area contributed by atoms with Gasteiger partial charge in [0.05, 0.1) is 13.2 Å². The van der Waals surface area contributed by atoms with Crippen LogP contribution in [-0.4, -0.2) is 43.5 Å². The van der Waals surface area contributed by atoms with E-state index in [1.807, 2.05) is 0 Å². The van der Waals surface area contributed by atoms with E-state index in [0.29, 0.717) is 5.78 Å². The first-order valence-electron chi connectivity index (χ1n) is 9.84. The van der Waals surface area contributed by atoms with Gasteiger partial charge in [-0.1, -0.05) is 51.5 Å². The average Bonchev–Trinajstić information content (AvgIpc) is 2.91. The Morgan fingerprint density at radius 2 is 1.75 bits per heavy atom. The molecule has 1 saturated carbocycles. The minimum atomic E-state index is 0. The highest BCUT2D eigenvalue weighted by Crippen LogP contribution is 2.28. The van der Waals surface area contributed by atoms with Gasteiger partial charge in [-0.15, -0.1) is 12.4 Å². The molecule has 1 unspecified atom stereocenters. The molecule has 24 heavy (non-hydrogen) atoms. The standard InChI is InChI=1S/C20H35NO2.ClH/c1-2-3-4-5-6-7-8-9-10-18-11-12-19(20(18)22)17-21-13-15-23-16-14-21;/h10,19H,2-9,11-17H2,1H3;1H/b18-10+;. The zero-order chi connectivity index (χ0) is 16.3. The van der Waals surface area contributed by atoms with Crippen LogP contribution in [0.3, 0.4) is 0 Å². The number of rotatable bonds is 10. The zero-order valence-corrected chi connectivity index (χ0v) is 16.2. The summed E-state index contributed by atoms with van der Waals surface area (Å²) in [6.07, 6.45) is 14.8. The van der Waals surface area contributed by atoms with E-state index < -0.39 is 0 Å². The number of hydrogen-bond donors (Lipinski definition) is 0. The number of morpholine rings is 1. The summed E-state index contributed by atoms with van der Waals surface area (Å²) in [6, 6.07) is 0. The summed E-state index contributed by atoms with van der Waals surface area (Å²) in [5, 5.41) is 0. The van der Waals surface area contributed by atoms with E-state index in [-0.39, 0.29) is 18.3 Å². The number of unbranched alkanes of at least 4 members (excludes halogenated alkanes) is 7. The normalized spacial score (nSPS) is 23.6. The maximum absolute atomic E-state index is 12.5. The van der Waals surface area contributed by atoms with E-state index >= 15 is 0 Å². The molecule has 1 aliphatic heterocycles. The van der Waals surface area contributed by atoms with E-state index in [9.17, 15) is 4.79 Å². The fraction of sp³-hybridized carbons (Fsp3) is 0.850. The zero-order valence-electron chi connectivity index (χ0n) is 15.4. The minimum absolute atomic E-state index is 0. The summed E-state index contributed by atoms with van der Waals surface area (Å²) in [4.78, 5) is 14.9. The first-order valence-corrected chi connectivity index (χ1v) is 9.84. The van der Waals surface area contributed by atoms with Crippen LogP contribution in [0.4, 0.5) is 0 Å². The molecule has 0 aromatic rings. The molecule has 1 saturated heterocycles. The van der Waals surface area contributed by atoms with E-state index in [1.165, 1.54) is 44.9 Å². The number of ketones is 1.